The van der Waals surface area contributed by atoms with Crippen molar-refractivity contribution < 1.29 is 22.7 Å². The molecule has 0 saturated carbocycles. The average Bonchev–Trinajstić information content (AvgIpc) is 2.72. The third kappa shape index (κ3) is 4.47. The van der Waals surface area contributed by atoms with Gasteiger partial charge in [0.25, 0.3) is 5.91 Å². The molecule has 1 aromatic carbocycles. The third-order valence-electron chi connectivity index (χ3n) is 4.96. The van der Waals surface area contributed by atoms with Crippen LogP contribution in [0.3, 0.4) is 0 Å². The van der Waals surface area contributed by atoms with Crippen LogP contribution in [0.4, 0.5) is 0 Å². The molecule has 28 heavy (non-hydrogen) atoms. The second kappa shape index (κ2) is 9.38. The molecule has 0 aliphatic carbocycles. The minimum Gasteiger partial charge on any atom is -0.495 e. The van der Waals surface area contributed by atoms with Gasteiger partial charge in [0.2, 0.25) is 15.9 Å². The molecule has 0 atom stereocenters. The van der Waals surface area contributed by atoms with Gasteiger partial charge in [-0.1, -0.05) is 20.8 Å². The first-order chi connectivity index (χ1) is 13.3. The maximum Gasteiger partial charge on any atom is 0.254 e. The van der Waals surface area contributed by atoms with E-state index in [0.717, 1.165) is 0 Å². The van der Waals surface area contributed by atoms with E-state index >= 15 is 0 Å². The van der Waals surface area contributed by atoms with Gasteiger partial charge in [-0.05, 0) is 18.2 Å². The second-order valence-electron chi connectivity index (χ2n) is 6.48. The number of piperazine rings is 1. The molecule has 1 aliphatic heterocycles. The van der Waals surface area contributed by atoms with Gasteiger partial charge < -0.3 is 14.5 Å². The third-order valence-corrected chi connectivity index (χ3v) is 7.03. The van der Waals surface area contributed by atoms with E-state index in [1.54, 1.807) is 29.7 Å². The highest BCUT2D eigenvalue weighted by molar-refractivity contribution is 7.89. The summed E-state index contributed by atoms with van der Waals surface area (Å²) in [5.41, 5.74) is 0.293. The van der Waals surface area contributed by atoms with Crippen LogP contribution < -0.4 is 4.74 Å². The number of nitrogens with zero attached hydrogens (tertiary/aromatic N) is 3. The van der Waals surface area contributed by atoms with Crippen LogP contribution in [0, 0.1) is 0 Å². The maximum atomic E-state index is 13.0. The molecular formula is C19H29N3O5S. The average molecular weight is 412 g/mol. The number of carbonyl (C=O) groups is 2. The molecule has 0 unspecified atom stereocenters. The van der Waals surface area contributed by atoms with Crippen molar-refractivity contribution in [1.29, 1.82) is 0 Å². The predicted molar refractivity (Wildman–Crippen MR) is 106 cm³/mol. The molecule has 9 heteroatoms. The lowest BCUT2D eigenvalue weighted by atomic mass is 10.1. The van der Waals surface area contributed by atoms with Gasteiger partial charge in [-0.25, -0.2) is 8.42 Å². The first kappa shape index (κ1) is 22.2. The smallest absolute Gasteiger partial charge is 0.254 e. The lowest BCUT2D eigenvalue weighted by molar-refractivity contribution is -0.132. The highest BCUT2D eigenvalue weighted by atomic mass is 32.2. The fourth-order valence-corrected chi connectivity index (χ4v) is 4.92. The van der Waals surface area contributed by atoms with E-state index in [1.807, 2.05) is 6.92 Å². The Kier molecular flexibility index (Phi) is 7.42. The van der Waals surface area contributed by atoms with Crippen LogP contribution in [0.2, 0.25) is 0 Å². The Labute approximate surface area is 167 Å². The first-order valence-electron chi connectivity index (χ1n) is 9.55. The largest absolute Gasteiger partial charge is 0.495 e. The van der Waals surface area contributed by atoms with Crippen LogP contribution in [-0.4, -0.2) is 80.7 Å². The highest BCUT2D eigenvalue weighted by Gasteiger charge is 2.29. The SMILES string of the molecule is CCC(=O)N1CCN(C(=O)c2ccc(OC)c(S(=O)(=O)N(CC)CC)c2)CC1. The van der Waals surface area contributed by atoms with Crippen molar-refractivity contribution in [2.75, 3.05) is 46.4 Å². The molecule has 0 N–H and O–H groups in total. The number of hydrogen-bond acceptors (Lipinski definition) is 5. The minimum atomic E-state index is -3.77. The maximum absolute atomic E-state index is 13.0. The molecule has 1 saturated heterocycles. The van der Waals surface area contributed by atoms with Gasteiger partial charge in [0, 0.05) is 51.3 Å². The molecule has 2 amide bonds. The summed E-state index contributed by atoms with van der Waals surface area (Å²) in [4.78, 5) is 28.1. The summed E-state index contributed by atoms with van der Waals surface area (Å²) in [6.07, 6.45) is 0.443. The second-order valence-corrected chi connectivity index (χ2v) is 8.39. The normalized spacial score (nSPS) is 15.0. The zero-order valence-corrected chi connectivity index (χ0v) is 17.8. The van der Waals surface area contributed by atoms with Gasteiger partial charge in [0.05, 0.1) is 7.11 Å². The Morgan fingerprint density at radius 3 is 2.11 bits per heavy atom. The number of methoxy groups -OCH3 is 1. The molecule has 1 heterocycles. The molecule has 0 radical (unpaired) electrons. The number of hydrogen-bond donors (Lipinski definition) is 0. The van der Waals surface area contributed by atoms with Crippen LogP contribution in [0.25, 0.3) is 0 Å². The Hall–Kier alpha value is -2.13. The summed E-state index contributed by atoms with van der Waals surface area (Å²) in [5.74, 6) is 0.0354. The van der Waals surface area contributed by atoms with Crippen LogP contribution >= 0.6 is 0 Å². The van der Waals surface area contributed by atoms with E-state index in [9.17, 15) is 18.0 Å². The van der Waals surface area contributed by atoms with Gasteiger partial charge in [-0.2, -0.15) is 4.31 Å². The van der Waals surface area contributed by atoms with Crippen LogP contribution in [-0.2, 0) is 14.8 Å². The molecule has 0 aromatic heterocycles. The minimum absolute atomic E-state index is 0.00986. The van der Waals surface area contributed by atoms with Crippen LogP contribution in [0.5, 0.6) is 5.75 Å². The molecule has 1 aromatic rings. The number of amides is 2. The molecule has 156 valence electrons. The van der Waals surface area contributed by atoms with Crippen molar-refractivity contribution >= 4 is 21.8 Å². The molecular weight excluding hydrogens is 382 g/mol. The monoisotopic (exact) mass is 411 g/mol. The van der Waals surface area contributed by atoms with Gasteiger partial charge in [-0.3, -0.25) is 9.59 Å². The molecule has 0 spiro atoms. The quantitative estimate of drug-likeness (QED) is 0.677. The van der Waals surface area contributed by atoms with Crippen molar-refractivity contribution in [3.8, 4) is 5.75 Å². The van der Waals surface area contributed by atoms with Crippen molar-refractivity contribution in [3.63, 3.8) is 0 Å². The van der Waals surface area contributed by atoms with Crippen LogP contribution in [0.15, 0.2) is 23.1 Å². The van der Waals surface area contributed by atoms with Crippen molar-refractivity contribution in [3.05, 3.63) is 23.8 Å². The fraction of sp³-hybridized carbons (Fsp3) is 0.579. The van der Waals surface area contributed by atoms with Gasteiger partial charge in [0.1, 0.15) is 10.6 Å². The Bertz CT molecular complexity index is 813. The Morgan fingerprint density at radius 1 is 1.04 bits per heavy atom. The number of carbonyl (C=O) groups excluding carboxylic acids is 2. The van der Waals surface area contributed by atoms with E-state index < -0.39 is 10.0 Å². The molecule has 1 aliphatic rings. The number of ether oxygens (including phenoxy) is 1. The molecule has 2 rings (SSSR count). The summed E-state index contributed by atoms with van der Waals surface area (Å²) in [6.45, 7) is 7.82. The van der Waals surface area contributed by atoms with Crippen molar-refractivity contribution in [2.45, 2.75) is 32.1 Å². The lowest BCUT2D eigenvalue weighted by Gasteiger charge is -2.34. The van der Waals surface area contributed by atoms with Crippen molar-refractivity contribution in [2.24, 2.45) is 0 Å². The van der Waals surface area contributed by atoms with E-state index in [-0.39, 0.29) is 22.5 Å². The first-order valence-corrected chi connectivity index (χ1v) is 11.0. The topological polar surface area (TPSA) is 87.2 Å². The number of sulfonamides is 1. The molecule has 0 bridgehead atoms. The van der Waals surface area contributed by atoms with Gasteiger partial charge in [-0.15, -0.1) is 0 Å². The number of benzene rings is 1. The summed E-state index contributed by atoms with van der Waals surface area (Å²) >= 11 is 0. The zero-order chi connectivity index (χ0) is 20.9. The van der Waals surface area contributed by atoms with E-state index in [2.05, 4.69) is 0 Å². The zero-order valence-electron chi connectivity index (χ0n) is 17.0. The highest BCUT2D eigenvalue weighted by Crippen LogP contribution is 2.28. The van der Waals surface area contributed by atoms with E-state index in [0.29, 0.717) is 51.3 Å². The Balaban J connectivity index is 2.28. The summed E-state index contributed by atoms with van der Waals surface area (Å²) < 4.78 is 32.5. The van der Waals surface area contributed by atoms with E-state index in [4.69, 9.17) is 4.74 Å². The van der Waals surface area contributed by atoms with E-state index in [1.165, 1.54) is 23.5 Å². The van der Waals surface area contributed by atoms with Gasteiger partial charge >= 0.3 is 0 Å². The van der Waals surface area contributed by atoms with Gasteiger partial charge in [0.15, 0.2) is 0 Å². The standard InChI is InChI=1S/C19H29N3O5S/c1-5-18(23)20-10-12-21(13-11-20)19(24)15-8-9-16(27-4)17(14-15)28(25,26)22(6-2)7-3/h8-9,14H,5-7,10-13H2,1-4H3. The molecule has 1 fully saturated rings. The van der Waals surface area contributed by atoms with Crippen molar-refractivity contribution in [1.82, 2.24) is 14.1 Å². The van der Waals surface area contributed by atoms with Crippen LogP contribution in [0.1, 0.15) is 37.6 Å². The predicted octanol–water partition coefficient (Wildman–Crippen LogP) is 1.42. The number of rotatable bonds is 7. The summed E-state index contributed by atoms with van der Waals surface area (Å²) in [6, 6.07) is 4.48. The fourth-order valence-electron chi connectivity index (χ4n) is 3.28. The summed E-state index contributed by atoms with van der Waals surface area (Å²) in [5, 5.41) is 0. The molecule has 8 nitrogen and oxygen atoms in total. The lowest BCUT2D eigenvalue weighted by Crippen LogP contribution is -2.50. The summed E-state index contributed by atoms with van der Waals surface area (Å²) in [7, 11) is -2.36. The Morgan fingerprint density at radius 2 is 1.61 bits per heavy atom.